The summed E-state index contributed by atoms with van der Waals surface area (Å²) in [7, 11) is 0. The first-order chi connectivity index (χ1) is 12.9. The fourth-order valence-corrected chi connectivity index (χ4v) is 3.91. The largest absolute Gasteiger partial charge is 0.479 e. The number of carboxylic acid groups (broad SMARTS) is 1. The van der Waals surface area contributed by atoms with Gasteiger partial charge in [0.2, 0.25) is 6.61 Å². The fraction of sp³-hybridized carbons (Fsp3) is 0.667. The van der Waals surface area contributed by atoms with Gasteiger partial charge in [-0.2, -0.15) is 0 Å². The van der Waals surface area contributed by atoms with Crippen molar-refractivity contribution in [3.63, 3.8) is 0 Å². The Morgan fingerprint density at radius 1 is 1.37 bits per heavy atom. The first kappa shape index (κ1) is 19.3. The van der Waals surface area contributed by atoms with Crippen molar-refractivity contribution >= 4 is 23.6 Å². The Morgan fingerprint density at radius 3 is 2.93 bits per heavy atom. The van der Waals surface area contributed by atoms with Crippen molar-refractivity contribution in [2.45, 2.75) is 44.8 Å². The maximum atomic E-state index is 12.4. The average Bonchev–Trinajstić information content (AvgIpc) is 3.14. The van der Waals surface area contributed by atoms with Crippen molar-refractivity contribution in [3.8, 4) is 0 Å². The molecule has 0 saturated carbocycles. The van der Waals surface area contributed by atoms with Crippen LogP contribution in [0.3, 0.4) is 0 Å². The summed E-state index contributed by atoms with van der Waals surface area (Å²) in [5, 5.41) is 12.3. The summed E-state index contributed by atoms with van der Waals surface area (Å²) in [4.78, 5) is 42.0. The van der Waals surface area contributed by atoms with Gasteiger partial charge in [-0.1, -0.05) is 11.2 Å². The number of hydrogen-bond donors (Lipinski definition) is 1. The Morgan fingerprint density at radius 2 is 2.15 bits per heavy atom. The van der Waals surface area contributed by atoms with Gasteiger partial charge in [-0.15, -0.1) is 0 Å². The van der Waals surface area contributed by atoms with E-state index < -0.39 is 12.6 Å². The molecule has 3 aliphatic rings. The smallest absolute Gasteiger partial charge is 0.344 e. The highest BCUT2D eigenvalue weighted by atomic mass is 16.6. The molecule has 148 valence electrons. The lowest BCUT2D eigenvalue weighted by molar-refractivity contribution is -0.150. The Labute approximate surface area is 156 Å². The predicted molar refractivity (Wildman–Crippen MR) is 92.9 cm³/mol. The molecule has 3 heterocycles. The number of rotatable bonds is 5. The van der Waals surface area contributed by atoms with E-state index in [9.17, 15) is 14.4 Å². The number of carbonyl (C=O) groups is 3. The summed E-state index contributed by atoms with van der Waals surface area (Å²) in [5.41, 5.74) is 1.50. The first-order valence-electron chi connectivity index (χ1n) is 9.07. The number of cyclic esters (lactones) is 1. The van der Waals surface area contributed by atoms with Crippen LogP contribution >= 0.6 is 0 Å². The van der Waals surface area contributed by atoms with E-state index in [0.29, 0.717) is 12.1 Å². The Hall–Kier alpha value is -2.42. The number of oxime groups is 1. The fourth-order valence-electron chi connectivity index (χ4n) is 3.91. The van der Waals surface area contributed by atoms with Gasteiger partial charge in [-0.25, -0.2) is 4.79 Å². The number of hydrogen-bond acceptors (Lipinski definition) is 8. The van der Waals surface area contributed by atoms with Crippen LogP contribution in [0.1, 0.15) is 32.6 Å². The average molecular weight is 380 g/mol. The molecule has 0 aliphatic carbocycles. The van der Waals surface area contributed by atoms with Gasteiger partial charge in [-0.3, -0.25) is 14.5 Å². The van der Waals surface area contributed by atoms with Crippen molar-refractivity contribution < 1.29 is 33.8 Å². The second-order valence-corrected chi connectivity index (χ2v) is 7.17. The van der Waals surface area contributed by atoms with Gasteiger partial charge in [0.05, 0.1) is 11.8 Å². The molecule has 0 bridgehead atoms. The predicted octanol–water partition coefficient (Wildman–Crippen LogP) is 0.733. The zero-order valence-corrected chi connectivity index (χ0v) is 15.3. The molecule has 1 unspecified atom stereocenters. The SMILES string of the molecule is C/C(CC1CC(=O)OCC2=CCN3CC[C@@H](OC(=O)C1)[C@@H]23)=N/OCC(=O)O. The van der Waals surface area contributed by atoms with Crippen molar-refractivity contribution in [2.75, 3.05) is 26.3 Å². The summed E-state index contributed by atoms with van der Waals surface area (Å²) in [6.07, 6.45) is 3.06. The monoisotopic (exact) mass is 380 g/mol. The minimum absolute atomic E-state index is 0.00557. The third kappa shape index (κ3) is 5.06. The van der Waals surface area contributed by atoms with E-state index >= 15 is 0 Å². The summed E-state index contributed by atoms with van der Waals surface area (Å²) in [6.45, 7) is 2.98. The molecular formula is C18H24N2O7. The highest BCUT2D eigenvalue weighted by molar-refractivity contribution is 5.83. The maximum Gasteiger partial charge on any atom is 0.344 e. The van der Waals surface area contributed by atoms with Crippen LogP contribution in [-0.4, -0.2) is 72.1 Å². The lowest BCUT2D eigenvalue weighted by atomic mass is 9.95. The lowest BCUT2D eigenvalue weighted by Crippen LogP contribution is -2.36. The molecule has 2 saturated heterocycles. The summed E-state index contributed by atoms with van der Waals surface area (Å²) in [6, 6.07) is 0.00557. The van der Waals surface area contributed by atoms with Crippen LogP contribution in [-0.2, 0) is 28.7 Å². The second kappa shape index (κ2) is 8.51. The number of nitrogens with zero attached hydrogens (tertiary/aromatic N) is 2. The maximum absolute atomic E-state index is 12.4. The number of carboxylic acids is 1. The Kier molecular flexibility index (Phi) is 6.10. The molecule has 1 N–H and O–H groups in total. The van der Waals surface area contributed by atoms with Crippen LogP contribution in [0.2, 0.25) is 0 Å². The van der Waals surface area contributed by atoms with Gasteiger partial charge in [0.15, 0.2) is 0 Å². The minimum atomic E-state index is -1.13. The van der Waals surface area contributed by atoms with Crippen LogP contribution in [0.15, 0.2) is 16.8 Å². The number of aliphatic carboxylic acids is 1. The van der Waals surface area contributed by atoms with E-state index in [-0.39, 0.29) is 49.5 Å². The van der Waals surface area contributed by atoms with Crippen LogP contribution in [0, 0.1) is 5.92 Å². The second-order valence-electron chi connectivity index (χ2n) is 7.17. The molecule has 2 fully saturated rings. The van der Waals surface area contributed by atoms with Crippen LogP contribution in [0.25, 0.3) is 0 Å². The van der Waals surface area contributed by atoms with E-state index in [1.807, 2.05) is 6.08 Å². The van der Waals surface area contributed by atoms with E-state index in [1.54, 1.807) is 6.92 Å². The standard InChI is InChI=1S/C18H24N2O7/c1-11(19-26-10-15(21)22)6-12-7-16(23)25-9-13-2-4-20-5-3-14(18(13)20)27-17(24)8-12/h2,12,14,18H,3-10H2,1H3,(H,21,22)/b19-11-/t12?,14-,18-/m1/s1. The van der Waals surface area contributed by atoms with Gasteiger partial charge in [0, 0.05) is 25.9 Å². The van der Waals surface area contributed by atoms with E-state index in [0.717, 1.165) is 25.1 Å². The van der Waals surface area contributed by atoms with Crippen molar-refractivity contribution in [3.05, 3.63) is 11.6 Å². The van der Waals surface area contributed by atoms with Crippen LogP contribution in [0.5, 0.6) is 0 Å². The summed E-state index contributed by atoms with van der Waals surface area (Å²) < 4.78 is 11.1. The van der Waals surface area contributed by atoms with Crippen LogP contribution < -0.4 is 0 Å². The highest BCUT2D eigenvalue weighted by Gasteiger charge is 2.42. The van der Waals surface area contributed by atoms with Gasteiger partial charge in [0.25, 0.3) is 0 Å². The third-order valence-corrected chi connectivity index (χ3v) is 5.00. The molecule has 3 aliphatic heterocycles. The number of ether oxygens (including phenoxy) is 2. The highest BCUT2D eigenvalue weighted by Crippen LogP contribution is 2.32. The summed E-state index contributed by atoms with van der Waals surface area (Å²) in [5.74, 6) is -2.18. The summed E-state index contributed by atoms with van der Waals surface area (Å²) >= 11 is 0. The quantitative estimate of drug-likeness (QED) is 0.321. The molecule has 0 amide bonds. The zero-order valence-electron chi connectivity index (χ0n) is 15.3. The molecule has 3 atom stereocenters. The molecule has 27 heavy (non-hydrogen) atoms. The van der Waals surface area contributed by atoms with Crippen molar-refractivity contribution in [2.24, 2.45) is 11.1 Å². The number of carbonyl (C=O) groups excluding carboxylic acids is 2. The molecule has 0 aromatic heterocycles. The van der Waals surface area contributed by atoms with Crippen LogP contribution in [0.4, 0.5) is 0 Å². The molecule has 3 rings (SSSR count). The van der Waals surface area contributed by atoms with E-state index in [4.69, 9.17) is 19.4 Å². The van der Waals surface area contributed by atoms with E-state index in [1.165, 1.54) is 0 Å². The topological polar surface area (TPSA) is 115 Å². The Balaban J connectivity index is 1.65. The molecule has 9 nitrogen and oxygen atoms in total. The molecule has 0 radical (unpaired) electrons. The molecule has 0 spiro atoms. The minimum Gasteiger partial charge on any atom is -0.479 e. The van der Waals surface area contributed by atoms with Gasteiger partial charge < -0.3 is 19.4 Å². The lowest BCUT2D eigenvalue weighted by Gasteiger charge is -2.23. The zero-order chi connectivity index (χ0) is 19.4. The van der Waals surface area contributed by atoms with Gasteiger partial charge >= 0.3 is 17.9 Å². The first-order valence-corrected chi connectivity index (χ1v) is 9.07. The van der Waals surface area contributed by atoms with E-state index in [2.05, 4.69) is 10.1 Å². The molecule has 0 aromatic carbocycles. The van der Waals surface area contributed by atoms with Gasteiger partial charge in [-0.05, 0) is 31.3 Å². The normalized spacial score (nSPS) is 29.3. The molecule has 0 aromatic rings. The van der Waals surface area contributed by atoms with Crippen molar-refractivity contribution in [1.29, 1.82) is 0 Å². The van der Waals surface area contributed by atoms with Gasteiger partial charge in [0.1, 0.15) is 12.7 Å². The third-order valence-electron chi connectivity index (χ3n) is 5.00. The number of esters is 2. The van der Waals surface area contributed by atoms with Crippen molar-refractivity contribution in [1.82, 2.24) is 4.90 Å². The molecular weight excluding hydrogens is 356 g/mol. The Bertz CT molecular complexity index is 673. The molecule has 9 heteroatoms.